The van der Waals surface area contributed by atoms with Crippen LogP contribution in [0.4, 0.5) is 5.95 Å². The maximum atomic E-state index is 4.52. The Hall–Kier alpha value is -1.23. The Morgan fingerprint density at radius 1 is 1.26 bits per heavy atom. The second kappa shape index (κ2) is 5.41. The number of anilines is 1. The van der Waals surface area contributed by atoms with E-state index < -0.39 is 0 Å². The van der Waals surface area contributed by atoms with Crippen LogP contribution < -0.4 is 5.32 Å². The highest BCUT2D eigenvalue weighted by Crippen LogP contribution is 2.28. The molecule has 102 valence electrons. The van der Waals surface area contributed by atoms with Crippen molar-refractivity contribution >= 4 is 23.4 Å². The lowest BCUT2D eigenvalue weighted by Gasteiger charge is -2.27. The minimum Gasteiger partial charge on any atom is -0.350 e. The van der Waals surface area contributed by atoms with Crippen molar-refractivity contribution in [3.63, 3.8) is 0 Å². The van der Waals surface area contributed by atoms with Crippen LogP contribution in [0.1, 0.15) is 31.2 Å². The largest absolute Gasteiger partial charge is 0.350 e. The zero-order chi connectivity index (χ0) is 13.2. The maximum Gasteiger partial charge on any atom is 0.243 e. The molecule has 3 rings (SSSR count). The van der Waals surface area contributed by atoms with Gasteiger partial charge in [0.2, 0.25) is 5.95 Å². The quantitative estimate of drug-likeness (QED) is 0.935. The Balaban J connectivity index is 1.68. The molecule has 0 bridgehead atoms. The third-order valence-electron chi connectivity index (χ3n) is 3.82. The molecule has 19 heavy (non-hydrogen) atoms. The molecule has 0 aromatic carbocycles. The number of fused-ring (bicyclic) bond motifs is 1. The summed E-state index contributed by atoms with van der Waals surface area (Å²) in [4.78, 5) is 4.52. The number of hydrogen-bond donors (Lipinski definition) is 1. The minimum absolute atomic E-state index is 0.530. The lowest BCUT2D eigenvalue weighted by atomic mass is 9.95. The molecule has 1 aliphatic rings. The number of aromatic nitrogens is 3. The van der Waals surface area contributed by atoms with Gasteiger partial charge in [0, 0.05) is 17.5 Å². The number of rotatable bonds is 3. The summed E-state index contributed by atoms with van der Waals surface area (Å²) in [7, 11) is 0. The molecule has 4 nitrogen and oxygen atoms in total. The van der Waals surface area contributed by atoms with E-state index in [1.165, 1.54) is 31.2 Å². The summed E-state index contributed by atoms with van der Waals surface area (Å²) < 4.78 is 1.85. The number of nitrogens with one attached hydrogen (secondary N) is 1. The summed E-state index contributed by atoms with van der Waals surface area (Å²) in [5.41, 5.74) is 2.11. The van der Waals surface area contributed by atoms with Crippen LogP contribution in [0.2, 0.25) is 0 Å². The van der Waals surface area contributed by atoms with Gasteiger partial charge in [0.15, 0.2) is 5.65 Å². The topological polar surface area (TPSA) is 42.2 Å². The first kappa shape index (κ1) is 12.8. The minimum atomic E-state index is 0.530. The van der Waals surface area contributed by atoms with Crippen molar-refractivity contribution in [3.8, 4) is 0 Å². The molecule has 0 aliphatic heterocycles. The molecule has 2 aromatic heterocycles. The Labute approximate surface area is 118 Å². The van der Waals surface area contributed by atoms with Crippen LogP contribution in [0.5, 0.6) is 0 Å². The number of thioether (sulfide) groups is 1. The third-order valence-corrected chi connectivity index (χ3v) is 4.96. The van der Waals surface area contributed by atoms with E-state index in [-0.39, 0.29) is 0 Å². The molecule has 0 amide bonds. The summed E-state index contributed by atoms with van der Waals surface area (Å²) >= 11 is 2.00. The van der Waals surface area contributed by atoms with Crippen LogP contribution in [0.25, 0.3) is 5.65 Å². The van der Waals surface area contributed by atoms with Gasteiger partial charge in [0.1, 0.15) is 0 Å². The predicted octanol–water partition coefficient (Wildman–Crippen LogP) is 3.12. The van der Waals surface area contributed by atoms with Gasteiger partial charge in [-0.05, 0) is 50.5 Å². The van der Waals surface area contributed by atoms with Crippen LogP contribution in [-0.4, -0.2) is 32.1 Å². The van der Waals surface area contributed by atoms with E-state index in [4.69, 9.17) is 0 Å². The van der Waals surface area contributed by atoms with Crippen LogP contribution in [0, 0.1) is 6.92 Å². The molecule has 0 radical (unpaired) electrons. The summed E-state index contributed by atoms with van der Waals surface area (Å²) in [6.07, 6.45) is 9.26. The Kier molecular flexibility index (Phi) is 3.64. The number of hydrogen-bond acceptors (Lipinski definition) is 4. The van der Waals surface area contributed by atoms with Crippen molar-refractivity contribution in [1.82, 2.24) is 14.6 Å². The molecule has 1 fully saturated rings. The molecule has 5 heteroatoms. The molecule has 2 heterocycles. The fraction of sp³-hybridized carbons (Fsp3) is 0.571. The summed E-state index contributed by atoms with van der Waals surface area (Å²) in [6, 6.07) is 4.61. The van der Waals surface area contributed by atoms with E-state index in [0.717, 1.165) is 16.8 Å². The Bertz CT molecular complexity index is 558. The first-order valence-corrected chi connectivity index (χ1v) is 8.16. The van der Waals surface area contributed by atoms with Gasteiger partial charge in [0.25, 0.3) is 0 Å². The molecule has 0 atom stereocenters. The van der Waals surface area contributed by atoms with Gasteiger partial charge in [-0.3, -0.25) is 0 Å². The maximum absolute atomic E-state index is 4.52. The van der Waals surface area contributed by atoms with Crippen LogP contribution in [-0.2, 0) is 0 Å². The van der Waals surface area contributed by atoms with E-state index >= 15 is 0 Å². The van der Waals surface area contributed by atoms with Crippen molar-refractivity contribution in [3.05, 3.63) is 23.9 Å². The summed E-state index contributed by atoms with van der Waals surface area (Å²) in [5.74, 6) is 0.762. The van der Waals surface area contributed by atoms with E-state index in [1.807, 2.05) is 28.5 Å². The summed E-state index contributed by atoms with van der Waals surface area (Å²) in [6.45, 7) is 2.07. The highest BCUT2D eigenvalue weighted by molar-refractivity contribution is 7.99. The molecular weight excluding hydrogens is 256 g/mol. The molecule has 0 unspecified atom stereocenters. The second-order valence-corrected chi connectivity index (χ2v) is 6.44. The van der Waals surface area contributed by atoms with Gasteiger partial charge in [-0.2, -0.15) is 16.7 Å². The molecule has 0 saturated heterocycles. The smallest absolute Gasteiger partial charge is 0.243 e. The van der Waals surface area contributed by atoms with E-state index in [2.05, 4.69) is 34.6 Å². The van der Waals surface area contributed by atoms with Gasteiger partial charge >= 0.3 is 0 Å². The highest BCUT2D eigenvalue weighted by Gasteiger charge is 2.21. The average molecular weight is 276 g/mol. The van der Waals surface area contributed by atoms with E-state index in [0.29, 0.717) is 6.04 Å². The van der Waals surface area contributed by atoms with Crippen molar-refractivity contribution in [2.75, 3.05) is 11.6 Å². The van der Waals surface area contributed by atoms with Gasteiger partial charge < -0.3 is 5.32 Å². The number of pyridine rings is 1. The van der Waals surface area contributed by atoms with Gasteiger partial charge in [0.05, 0.1) is 0 Å². The van der Waals surface area contributed by atoms with E-state index in [9.17, 15) is 0 Å². The van der Waals surface area contributed by atoms with Crippen molar-refractivity contribution in [2.45, 2.75) is 43.9 Å². The summed E-state index contributed by atoms with van der Waals surface area (Å²) in [5, 5.41) is 8.82. The average Bonchev–Trinajstić information content (AvgIpc) is 2.81. The lowest BCUT2D eigenvalue weighted by Crippen LogP contribution is -2.27. The fourth-order valence-corrected chi connectivity index (χ4v) is 3.42. The van der Waals surface area contributed by atoms with Crippen molar-refractivity contribution in [2.24, 2.45) is 0 Å². The van der Waals surface area contributed by atoms with Crippen LogP contribution in [0.15, 0.2) is 18.3 Å². The molecule has 2 aromatic rings. The highest BCUT2D eigenvalue weighted by atomic mass is 32.2. The van der Waals surface area contributed by atoms with Crippen LogP contribution in [0.3, 0.4) is 0 Å². The lowest BCUT2D eigenvalue weighted by molar-refractivity contribution is 0.471. The second-order valence-electron chi connectivity index (χ2n) is 5.30. The van der Waals surface area contributed by atoms with Gasteiger partial charge in [-0.15, -0.1) is 5.10 Å². The molecule has 0 spiro atoms. The zero-order valence-corrected chi connectivity index (χ0v) is 12.3. The van der Waals surface area contributed by atoms with Crippen molar-refractivity contribution in [1.29, 1.82) is 0 Å². The Morgan fingerprint density at radius 2 is 2.05 bits per heavy atom. The van der Waals surface area contributed by atoms with Crippen molar-refractivity contribution < 1.29 is 0 Å². The van der Waals surface area contributed by atoms with Crippen LogP contribution >= 0.6 is 11.8 Å². The number of aryl methyl sites for hydroxylation is 1. The van der Waals surface area contributed by atoms with Gasteiger partial charge in [-0.1, -0.05) is 6.07 Å². The molecule has 1 saturated carbocycles. The fourth-order valence-electron chi connectivity index (χ4n) is 2.67. The zero-order valence-electron chi connectivity index (χ0n) is 11.5. The normalized spacial score (nSPS) is 23.7. The molecule has 1 N–H and O–H groups in total. The predicted molar refractivity (Wildman–Crippen MR) is 80.9 cm³/mol. The number of nitrogens with zero attached hydrogens (tertiary/aromatic N) is 3. The van der Waals surface area contributed by atoms with Gasteiger partial charge in [-0.25, -0.2) is 4.52 Å². The SMILES string of the molecule is CSC1CCC(Nc2nc3ccc(C)cn3n2)CC1. The van der Waals surface area contributed by atoms with E-state index in [1.54, 1.807) is 0 Å². The first-order chi connectivity index (χ1) is 9.24. The monoisotopic (exact) mass is 276 g/mol. The Morgan fingerprint density at radius 3 is 2.79 bits per heavy atom. The first-order valence-electron chi connectivity index (χ1n) is 6.87. The molecule has 1 aliphatic carbocycles. The molecular formula is C14H20N4S. The standard InChI is InChI=1S/C14H20N4S/c1-10-3-8-13-16-14(17-18(13)9-10)15-11-4-6-12(19-2)7-5-11/h3,8-9,11-12H,4-7H2,1-2H3,(H,15,17). The third kappa shape index (κ3) is 2.86.